The number of aliphatic hydroxyl groups is 1. The van der Waals surface area contributed by atoms with Gasteiger partial charge in [-0.2, -0.15) is 0 Å². The molecule has 4 rings (SSSR count). The zero-order chi connectivity index (χ0) is 21.7. The van der Waals surface area contributed by atoms with E-state index in [4.69, 9.17) is 0 Å². The molecule has 1 nitrogen and oxygen atoms in total. The number of fused-ring (bicyclic) bond motifs is 5. The molecule has 0 aromatic heterocycles. The van der Waals surface area contributed by atoms with E-state index in [2.05, 4.69) is 47.6 Å². The summed E-state index contributed by atoms with van der Waals surface area (Å²) in [6.45, 7) is 15.1. The molecular formula is C29H50O. The van der Waals surface area contributed by atoms with Crippen molar-refractivity contribution < 1.29 is 5.11 Å². The summed E-state index contributed by atoms with van der Waals surface area (Å²) in [5.41, 5.74) is 2.76. The first-order chi connectivity index (χ1) is 14.2. The van der Waals surface area contributed by atoms with Crippen molar-refractivity contribution in [1.82, 2.24) is 0 Å². The molecule has 3 saturated carbocycles. The Hall–Kier alpha value is -0.300. The molecule has 0 unspecified atom stereocenters. The Morgan fingerprint density at radius 1 is 1.03 bits per heavy atom. The Labute approximate surface area is 187 Å². The van der Waals surface area contributed by atoms with Crippen molar-refractivity contribution in [1.29, 1.82) is 0 Å². The second-order valence-electron chi connectivity index (χ2n) is 12.9. The first kappa shape index (κ1) is 22.9. The predicted octanol–water partition coefficient (Wildman–Crippen LogP) is 8.02. The Kier molecular flexibility index (Phi) is 6.53. The number of aliphatic hydroxyl groups excluding tert-OH is 1. The molecule has 1 heteroatoms. The molecule has 4 aliphatic rings. The molecule has 0 aliphatic heterocycles. The van der Waals surface area contributed by atoms with Crippen molar-refractivity contribution in [2.75, 3.05) is 0 Å². The normalized spacial score (nSPS) is 45.3. The van der Waals surface area contributed by atoms with Gasteiger partial charge in [-0.05, 0) is 110 Å². The van der Waals surface area contributed by atoms with Crippen molar-refractivity contribution >= 4 is 0 Å². The molecule has 3 fully saturated rings. The van der Waals surface area contributed by atoms with Crippen LogP contribution >= 0.6 is 0 Å². The Bertz CT molecular complexity index is 634. The molecule has 0 amide bonds. The van der Waals surface area contributed by atoms with Crippen LogP contribution in [0.1, 0.15) is 112 Å². The maximum atomic E-state index is 10.3. The fourth-order valence-corrected chi connectivity index (χ4v) is 9.16. The lowest BCUT2D eigenvalue weighted by Gasteiger charge is -2.57. The Balaban J connectivity index is 1.49. The summed E-state index contributed by atoms with van der Waals surface area (Å²) in [5, 5.41) is 10.3. The summed E-state index contributed by atoms with van der Waals surface area (Å²) < 4.78 is 0. The number of hydrogen-bond acceptors (Lipinski definition) is 1. The molecule has 0 aromatic rings. The van der Waals surface area contributed by atoms with Gasteiger partial charge in [0.2, 0.25) is 0 Å². The first-order valence-corrected chi connectivity index (χ1v) is 13.6. The predicted molar refractivity (Wildman–Crippen MR) is 128 cm³/mol. The molecule has 0 saturated heterocycles. The standard InChI is InChI=1S/C29H50O/c1-7-21(19(2)3)9-8-20(4)25-12-13-26-24-11-10-22-18-23(30)14-16-28(22,5)27(24)15-17-29(25,26)6/h15,19-26,30H,7-14,16-18H2,1-6H3/t20-,21-,22+,23-,24+,25-,26+,28+,29-/m1/s1. The second kappa shape index (κ2) is 8.57. The van der Waals surface area contributed by atoms with Gasteiger partial charge in [0.25, 0.3) is 0 Å². The Morgan fingerprint density at radius 3 is 2.50 bits per heavy atom. The quantitative estimate of drug-likeness (QED) is 0.436. The third-order valence-electron chi connectivity index (χ3n) is 11.2. The van der Waals surface area contributed by atoms with Crippen molar-refractivity contribution in [3.8, 4) is 0 Å². The van der Waals surface area contributed by atoms with Gasteiger partial charge in [-0.1, -0.05) is 66.0 Å². The van der Waals surface area contributed by atoms with Crippen LogP contribution < -0.4 is 0 Å². The third-order valence-corrected chi connectivity index (χ3v) is 11.2. The molecule has 172 valence electrons. The van der Waals surface area contributed by atoms with Gasteiger partial charge in [0.05, 0.1) is 6.10 Å². The van der Waals surface area contributed by atoms with Crippen molar-refractivity contribution in [3.05, 3.63) is 11.6 Å². The molecule has 0 bridgehead atoms. The van der Waals surface area contributed by atoms with Gasteiger partial charge in [0.1, 0.15) is 0 Å². The van der Waals surface area contributed by atoms with Crippen LogP contribution in [0.3, 0.4) is 0 Å². The first-order valence-electron chi connectivity index (χ1n) is 13.6. The summed E-state index contributed by atoms with van der Waals surface area (Å²) in [6.07, 6.45) is 17.2. The monoisotopic (exact) mass is 414 g/mol. The summed E-state index contributed by atoms with van der Waals surface area (Å²) >= 11 is 0. The topological polar surface area (TPSA) is 20.2 Å². The van der Waals surface area contributed by atoms with Crippen LogP contribution in [-0.4, -0.2) is 11.2 Å². The lowest BCUT2D eigenvalue weighted by Crippen LogP contribution is -2.48. The molecule has 0 aromatic carbocycles. The molecule has 1 N–H and O–H groups in total. The molecule has 4 aliphatic carbocycles. The highest BCUT2D eigenvalue weighted by Gasteiger charge is 2.57. The fourth-order valence-electron chi connectivity index (χ4n) is 9.16. The molecule has 0 spiro atoms. The zero-order valence-corrected chi connectivity index (χ0v) is 20.9. The fraction of sp³-hybridized carbons (Fsp3) is 0.931. The number of hydrogen-bond donors (Lipinski definition) is 1. The third kappa shape index (κ3) is 3.74. The van der Waals surface area contributed by atoms with Crippen LogP contribution in [0.15, 0.2) is 11.6 Å². The van der Waals surface area contributed by atoms with Crippen LogP contribution in [0.2, 0.25) is 0 Å². The summed E-state index contributed by atoms with van der Waals surface area (Å²) in [6, 6.07) is 0. The van der Waals surface area contributed by atoms with Crippen LogP contribution in [0.5, 0.6) is 0 Å². The number of rotatable bonds is 6. The van der Waals surface area contributed by atoms with E-state index in [1.54, 1.807) is 0 Å². The minimum Gasteiger partial charge on any atom is -0.393 e. The zero-order valence-electron chi connectivity index (χ0n) is 20.9. The Morgan fingerprint density at radius 2 is 1.80 bits per heavy atom. The SMILES string of the molecule is CC[C@H](CC[C@@H](C)[C@H]1CC[C@H]2[C@@H]3CC[C@H]4C[C@H](O)CC[C@]4(C)C3=CC[C@]12C)C(C)C. The van der Waals surface area contributed by atoms with Gasteiger partial charge >= 0.3 is 0 Å². The molecule has 9 atom stereocenters. The maximum absolute atomic E-state index is 10.3. The van der Waals surface area contributed by atoms with E-state index >= 15 is 0 Å². The van der Waals surface area contributed by atoms with E-state index in [-0.39, 0.29) is 6.10 Å². The lowest BCUT2D eigenvalue weighted by molar-refractivity contribution is -0.0160. The highest BCUT2D eigenvalue weighted by molar-refractivity contribution is 5.29. The summed E-state index contributed by atoms with van der Waals surface area (Å²) in [7, 11) is 0. The second-order valence-corrected chi connectivity index (χ2v) is 12.9. The van der Waals surface area contributed by atoms with Crippen molar-refractivity contribution in [2.24, 2.45) is 52.3 Å². The molecule has 0 heterocycles. The minimum atomic E-state index is -0.0384. The molecular weight excluding hydrogens is 364 g/mol. The van der Waals surface area contributed by atoms with Crippen LogP contribution in [0.4, 0.5) is 0 Å². The van der Waals surface area contributed by atoms with Gasteiger partial charge < -0.3 is 5.11 Å². The minimum absolute atomic E-state index is 0.0384. The van der Waals surface area contributed by atoms with E-state index in [1.165, 1.54) is 57.8 Å². The number of allylic oxidation sites excluding steroid dienone is 2. The van der Waals surface area contributed by atoms with Gasteiger partial charge in [-0.15, -0.1) is 0 Å². The largest absolute Gasteiger partial charge is 0.393 e. The lowest BCUT2D eigenvalue weighted by atomic mass is 9.48. The van der Waals surface area contributed by atoms with E-state index in [1.807, 2.05) is 5.57 Å². The van der Waals surface area contributed by atoms with Crippen molar-refractivity contribution in [2.45, 2.75) is 118 Å². The smallest absolute Gasteiger partial charge is 0.0543 e. The maximum Gasteiger partial charge on any atom is 0.0543 e. The van der Waals surface area contributed by atoms with Crippen molar-refractivity contribution in [3.63, 3.8) is 0 Å². The van der Waals surface area contributed by atoms with Crippen LogP contribution in [0, 0.1) is 52.3 Å². The summed E-state index contributed by atoms with van der Waals surface area (Å²) in [4.78, 5) is 0. The molecule has 0 radical (unpaired) electrons. The highest BCUT2D eigenvalue weighted by Crippen LogP contribution is 2.66. The van der Waals surface area contributed by atoms with Gasteiger partial charge in [0, 0.05) is 0 Å². The van der Waals surface area contributed by atoms with E-state index in [9.17, 15) is 5.11 Å². The van der Waals surface area contributed by atoms with Gasteiger partial charge in [0.15, 0.2) is 0 Å². The van der Waals surface area contributed by atoms with Crippen LogP contribution in [-0.2, 0) is 0 Å². The van der Waals surface area contributed by atoms with E-state index in [0.29, 0.717) is 10.8 Å². The van der Waals surface area contributed by atoms with E-state index in [0.717, 1.165) is 54.3 Å². The average molecular weight is 415 g/mol. The summed E-state index contributed by atoms with van der Waals surface area (Å²) in [5.74, 6) is 6.03. The van der Waals surface area contributed by atoms with Gasteiger partial charge in [-0.25, -0.2) is 0 Å². The average Bonchev–Trinajstić information content (AvgIpc) is 3.06. The highest BCUT2D eigenvalue weighted by atomic mass is 16.3. The molecule has 30 heavy (non-hydrogen) atoms. The van der Waals surface area contributed by atoms with E-state index < -0.39 is 0 Å². The van der Waals surface area contributed by atoms with Gasteiger partial charge in [-0.3, -0.25) is 0 Å². The van der Waals surface area contributed by atoms with Crippen LogP contribution in [0.25, 0.3) is 0 Å².